The molecule has 0 heterocycles. The minimum atomic E-state index is -2.29. The van der Waals surface area contributed by atoms with E-state index in [2.05, 4.69) is 11.8 Å². The highest BCUT2D eigenvalue weighted by Crippen LogP contribution is 1.98. The van der Waals surface area contributed by atoms with Gasteiger partial charge >= 0.3 is 0 Å². The number of halogens is 3. The van der Waals surface area contributed by atoms with E-state index < -0.39 is 12.4 Å². The van der Waals surface area contributed by atoms with Crippen LogP contribution in [0.3, 0.4) is 0 Å². The lowest BCUT2D eigenvalue weighted by molar-refractivity contribution is 0.400. The summed E-state index contributed by atoms with van der Waals surface area (Å²) in [6.45, 7) is 0. The normalized spacial score (nSPS) is 8.37. The predicted molar refractivity (Wildman–Crippen MR) is 70.3 cm³/mol. The zero-order valence-corrected chi connectivity index (χ0v) is 9.98. The van der Waals surface area contributed by atoms with Gasteiger partial charge < -0.3 is 0 Å². The van der Waals surface area contributed by atoms with Crippen LogP contribution < -0.4 is 0 Å². The quantitative estimate of drug-likeness (QED) is 0.598. The molecule has 0 radical (unpaired) electrons. The molecule has 0 aliphatic carbocycles. The topological polar surface area (TPSA) is 0 Å². The number of rotatable bonds is 0. The van der Waals surface area contributed by atoms with Crippen LogP contribution in [0.2, 0.25) is 0 Å². The van der Waals surface area contributed by atoms with Crippen LogP contribution in [-0.4, -0.2) is 0 Å². The summed E-state index contributed by atoms with van der Waals surface area (Å²) in [5.74, 6) is 6.22. The van der Waals surface area contributed by atoms with Gasteiger partial charge in [-0.25, -0.2) is 4.39 Å². The first-order valence-electron chi connectivity index (χ1n) is 5.46. The van der Waals surface area contributed by atoms with E-state index in [1.165, 1.54) is 0 Å². The van der Waals surface area contributed by atoms with Crippen LogP contribution >= 0.6 is 0 Å². The van der Waals surface area contributed by atoms with Gasteiger partial charge in [-0.3, -0.25) is 0 Å². The van der Waals surface area contributed by atoms with E-state index in [0.717, 1.165) is 11.1 Å². The fourth-order valence-corrected chi connectivity index (χ4v) is 1.19. The molecular formula is C16H11F3. The Morgan fingerprint density at radius 2 is 1.05 bits per heavy atom. The molecule has 0 unspecified atom stereocenters. The molecule has 19 heavy (non-hydrogen) atoms. The van der Waals surface area contributed by atoms with E-state index in [1.807, 2.05) is 60.7 Å². The standard InChI is InChI=1S/C14H10.C2HF3/c1-3-7-13(8-4-1)11-12-14-9-5-2-6-10-14;3-1-2(4)5/h1-10H;1H. The molecule has 0 bridgehead atoms. The van der Waals surface area contributed by atoms with Crippen LogP contribution in [0, 0.1) is 11.8 Å². The molecule has 0 atom stereocenters. The van der Waals surface area contributed by atoms with Crippen molar-refractivity contribution in [3.63, 3.8) is 0 Å². The van der Waals surface area contributed by atoms with Gasteiger partial charge in [0, 0.05) is 11.1 Å². The first kappa shape index (κ1) is 14.6. The van der Waals surface area contributed by atoms with Gasteiger partial charge in [-0.1, -0.05) is 48.2 Å². The minimum Gasteiger partial charge on any atom is -0.210 e. The Hall–Kier alpha value is -2.47. The Bertz CT molecular complexity index is 516. The number of hydrogen-bond donors (Lipinski definition) is 0. The Balaban J connectivity index is 0.000000312. The van der Waals surface area contributed by atoms with Crippen molar-refractivity contribution in [1.82, 2.24) is 0 Å². The summed E-state index contributed by atoms with van der Waals surface area (Å²) in [6.07, 6.45) is -3.04. The summed E-state index contributed by atoms with van der Waals surface area (Å²) in [5, 5.41) is 0. The fourth-order valence-electron chi connectivity index (χ4n) is 1.19. The monoisotopic (exact) mass is 260 g/mol. The van der Waals surface area contributed by atoms with E-state index in [4.69, 9.17) is 0 Å². The Kier molecular flexibility index (Phi) is 6.60. The third kappa shape index (κ3) is 6.75. The lowest BCUT2D eigenvalue weighted by Gasteiger charge is -1.88. The van der Waals surface area contributed by atoms with Crippen LogP contribution in [0.25, 0.3) is 0 Å². The third-order valence-electron chi connectivity index (χ3n) is 1.98. The first-order chi connectivity index (χ1) is 9.22. The largest absolute Gasteiger partial charge is 0.298 e. The Morgan fingerprint density at radius 1 is 0.737 bits per heavy atom. The van der Waals surface area contributed by atoms with Crippen molar-refractivity contribution >= 4 is 0 Å². The molecule has 0 saturated heterocycles. The summed E-state index contributed by atoms with van der Waals surface area (Å²) in [4.78, 5) is 0. The number of hydrogen-bond acceptors (Lipinski definition) is 0. The molecule has 0 saturated carbocycles. The maximum absolute atomic E-state index is 10.2. The van der Waals surface area contributed by atoms with Crippen molar-refractivity contribution in [1.29, 1.82) is 0 Å². The summed E-state index contributed by atoms with van der Waals surface area (Å²) in [7, 11) is 0. The second-order valence-corrected chi connectivity index (χ2v) is 3.38. The maximum Gasteiger partial charge on any atom is 0.298 e. The lowest BCUT2D eigenvalue weighted by Crippen LogP contribution is -1.73. The molecule has 0 aliphatic heterocycles. The van der Waals surface area contributed by atoms with Crippen molar-refractivity contribution in [2.45, 2.75) is 0 Å². The molecule has 0 spiro atoms. The van der Waals surface area contributed by atoms with Crippen LogP contribution in [0.5, 0.6) is 0 Å². The molecule has 0 amide bonds. The average Bonchev–Trinajstić information content (AvgIpc) is 2.48. The highest BCUT2D eigenvalue weighted by atomic mass is 19.3. The van der Waals surface area contributed by atoms with Crippen LogP contribution in [0.1, 0.15) is 11.1 Å². The van der Waals surface area contributed by atoms with E-state index in [-0.39, 0.29) is 0 Å². The Labute approximate surface area is 110 Å². The molecule has 96 valence electrons. The van der Waals surface area contributed by atoms with Crippen molar-refractivity contribution in [3.8, 4) is 11.8 Å². The molecule has 0 N–H and O–H groups in total. The van der Waals surface area contributed by atoms with Gasteiger partial charge in [0.15, 0.2) is 6.33 Å². The van der Waals surface area contributed by atoms with E-state index in [0.29, 0.717) is 0 Å². The van der Waals surface area contributed by atoms with Gasteiger partial charge in [-0.15, -0.1) is 0 Å². The van der Waals surface area contributed by atoms with Crippen LogP contribution in [0.15, 0.2) is 73.1 Å². The summed E-state index contributed by atoms with van der Waals surface area (Å²) < 4.78 is 30.7. The van der Waals surface area contributed by atoms with Crippen molar-refractivity contribution < 1.29 is 13.2 Å². The van der Waals surface area contributed by atoms with E-state index >= 15 is 0 Å². The van der Waals surface area contributed by atoms with Crippen LogP contribution in [0.4, 0.5) is 13.2 Å². The zero-order valence-electron chi connectivity index (χ0n) is 9.98. The smallest absolute Gasteiger partial charge is 0.210 e. The summed E-state index contributed by atoms with van der Waals surface area (Å²) in [6, 6.07) is 20.0. The number of benzene rings is 2. The van der Waals surface area contributed by atoms with Gasteiger partial charge in [-0.05, 0) is 24.3 Å². The molecule has 3 heteroatoms. The molecule has 2 rings (SSSR count). The molecule has 0 aromatic heterocycles. The van der Waals surface area contributed by atoms with Crippen molar-refractivity contribution in [2.24, 2.45) is 0 Å². The maximum atomic E-state index is 10.2. The van der Waals surface area contributed by atoms with E-state index in [9.17, 15) is 13.2 Å². The summed E-state index contributed by atoms with van der Waals surface area (Å²) in [5.41, 5.74) is 2.10. The first-order valence-corrected chi connectivity index (χ1v) is 5.46. The third-order valence-corrected chi connectivity index (χ3v) is 1.98. The van der Waals surface area contributed by atoms with E-state index in [1.54, 1.807) is 0 Å². The lowest BCUT2D eigenvalue weighted by atomic mass is 10.2. The highest BCUT2D eigenvalue weighted by Gasteiger charge is 1.83. The fraction of sp³-hybridized carbons (Fsp3) is 0. The average molecular weight is 260 g/mol. The summed E-state index contributed by atoms with van der Waals surface area (Å²) >= 11 is 0. The van der Waals surface area contributed by atoms with Crippen molar-refractivity contribution in [3.05, 3.63) is 84.2 Å². The second-order valence-electron chi connectivity index (χ2n) is 3.38. The SMILES string of the molecule is C(#Cc1ccccc1)c1ccccc1.FC=C(F)F. The molecule has 0 fully saturated rings. The molecule has 0 nitrogen and oxygen atoms in total. The molecule has 2 aromatic rings. The predicted octanol–water partition coefficient (Wildman–Crippen LogP) is 4.78. The zero-order chi connectivity index (χ0) is 13.9. The van der Waals surface area contributed by atoms with Gasteiger partial charge in [0.25, 0.3) is 6.08 Å². The molecule has 0 aliphatic rings. The van der Waals surface area contributed by atoms with Crippen molar-refractivity contribution in [2.75, 3.05) is 0 Å². The Morgan fingerprint density at radius 3 is 1.32 bits per heavy atom. The van der Waals surface area contributed by atoms with Crippen LogP contribution in [-0.2, 0) is 0 Å². The molecular weight excluding hydrogens is 249 g/mol. The highest BCUT2D eigenvalue weighted by molar-refractivity contribution is 5.42. The van der Waals surface area contributed by atoms with Gasteiger partial charge in [-0.2, -0.15) is 8.78 Å². The van der Waals surface area contributed by atoms with Gasteiger partial charge in [0.2, 0.25) is 0 Å². The van der Waals surface area contributed by atoms with Gasteiger partial charge in [0.1, 0.15) is 0 Å². The minimum absolute atomic E-state index is 0.750. The van der Waals surface area contributed by atoms with Gasteiger partial charge in [0.05, 0.1) is 0 Å². The second kappa shape index (κ2) is 8.60. The molecule has 2 aromatic carbocycles.